The van der Waals surface area contributed by atoms with E-state index in [4.69, 9.17) is 8.66 Å². The third-order valence-corrected chi connectivity index (χ3v) is 0. The molecule has 0 fully saturated rings. The number of hydrogen-bond acceptors (Lipinski definition) is 2. The SMILES string of the molecule is C=O.[O]=[Co]. The van der Waals surface area contributed by atoms with E-state index in [0.29, 0.717) is 0 Å². The van der Waals surface area contributed by atoms with Crippen LogP contribution in [0.25, 0.3) is 0 Å². The second-order valence-electron chi connectivity index (χ2n) is 0. The molecule has 0 saturated heterocycles. The van der Waals surface area contributed by atoms with E-state index in [1.165, 1.54) is 0 Å². The quantitative estimate of drug-likeness (QED) is 0.423. The summed E-state index contributed by atoms with van der Waals surface area (Å²) in [6, 6.07) is 0. The van der Waals surface area contributed by atoms with Crippen LogP contribution in [-0.4, -0.2) is 6.79 Å². The average Bonchev–Trinajstić information content (AvgIpc) is 1.50. The Bertz CT molecular complexity index is 8.00. The molecule has 0 heterocycles. The predicted molar refractivity (Wildman–Crippen MR) is 7.81 cm³/mol. The van der Waals surface area contributed by atoms with Crippen LogP contribution in [0.5, 0.6) is 0 Å². The molecule has 0 amide bonds. The van der Waals surface area contributed by atoms with E-state index >= 15 is 0 Å². The third kappa shape index (κ3) is 3410. The van der Waals surface area contributed by atoms with Crippen LogP contribution in [0.15, 0.2) is 0 Å². The van der Waals surface area contributed by atoms with Crippen LogP contribution in [0.1, 0.15) is 0 Å². The summed E-state index contributed by atoms with van der Waals surface area (Å²) in [5, 5.41) is 0. The van der Waals surface area contributed by atoms with Gasteiger partial charge in [-0.15, -0.1) is 0 Å². The first-order valence-corrected chi connectivity index (χ1v) is 0.850. The molecule has 0 aromatic rings. The van der Waals surface area contributed by atoms with Crippen LogP contribution in [0.3, 0.4) is 0 Å². The Morgan fingerprint density at radius 3 is 1.25 bits per heavy atom. The Hall–Kier alpha value is -0.0235. The van der Waals surface area contributed by atoms with Crippen molar-refractivity contribution in [2.75, 3.05) is 0 Å². The Morgan fingerprint density at radius 2 is 1.25 bits per heavy atom. The maximum atomic E-state index is 8.00. The zero-order valence-electron chi connectivity index (χ0n) is 1.86. The summed E-state index contributed by atoms with van der Waals surface area (Å²) in [6.45, 7) is 2.00. The summed E-state index contributed by atoms with van der Waals surface area (Å²) in [7, 11) is 0. The Labute approximate surface area is 32.0 Å². The topological polar surface area (TPSA) is 34.1 Å². The minimum atomic E-state index is 2.00. The molecule has 0 saturated carbocycles. The van der Waals surface area contributed by atoms with Crippen molar-refractivity contribution in [3.05, 3.63) is 0 Å². The molecule has 27 valence electrons. The van der Waals surface area contributed by atoms with Gasteiger partial charge in [-0.2, -0.15) is 0 Å². The average molecular weight is 105 g/mol. The molecule has 0 N–H and O–H groups in total. The van der Waals surface area contributed by atoms with Crippen LogP contribution < -0.4 is 0 Å². The minimum absolute atomic E-state index is 2.00. The van der Waals surface area contributed by atoms with Crippen LogP contribution in [-0.2, 0) is 24.3 Å². The van der Waals surface area contributed by atoms with Crippen molar-refractivity contribution in [1.29, 1.82) is 0 Å². The zero-order chi connectivity index (χ0) is 4.00. The van der Waals surface area contributed by atoms with Gasteiger partial charge in [0.05, 0.1) is 0 Å². The van der Waals surface area contributed by atoms with Crippen LogP contribution >= 0.6 is 0 Å². The number of hydrogen-bond donors (Lipinski definition) is 0. The second kappa shape index (κ2) is 21000. The first kappa shape index (κ1) is 9.02. The number of rotatable bonds is 0. The monoisotopic (exact) mass is 105 g/mol. The van der Waals surface area contributed by atoms with Crippen molar-refractivity contribution < 1.29 is 24.3 Å². The molecule has 0 radical (unpaired) electrons. The summed E-state index contributed by atoms with van der Waals surface area (Å²) in [5.41, 5.74) is 0. The third-order valence-electron chi connectivity index (χ3n) is 0. The van der Waals surface area contributed by atoms with Gasteiger partial charge in [-0.25, -0.2) is 0 Å². The van der Waals surface area contributed by atoms with E-state index < -0.39 is 0 Å². The standard InChI is InChI=1S/CH2O.Co.O/c1-2;;/h1H2;;. The summed E-state index contributed by atoms with van der Waals surface area (Å²) in [4.78, 5) is 8.00. The molecule has 0 aliphatic carbocycles. The van der Waals surface area contributed by atoms with Crippen LogP contribution in [0.2, 0.25) is 0 Å². The summed E-state index contributed by atoms with van der Waals surface area (Å²) in [6.07, 6.45) is 0. The van der Waals surface area contributed by atoms with Gasteiger partial charge in [0.25, 0.3) is 0 Å². The first-order valence-electron chi connectivity index (χ1n) is 0.425. The number of carbonyl (C=O) groups excluding carboxylic acids is 1. The van der Waals surface area contributed by atoms with E-state index in [-0.39, 0.29) is 0 Å². The molecule has 0 aliphatic heterocycles. The van der Waals surface area contributed by atoms with Crippen LogP contribution in [0.4, 0.5) is 0 Å². The molecule has 4 heavy (non-hydrogen) atoms. The Kier molecular flexibility index (Phi) is 47400. The van der Waals surface area contributed by atoms with Crippen molar-refractivity contribution in [3.63, 3.8) is 0 Å². The molecule has 0 aliphatic rings. The van der Waals surface area contributed by atoms with Crippen molar-refractivity contribution in [3.8, 4) is 0 Å². The molecular weight excluding hydrogens is 103 g/mol. The van der Waals surface area contributed by atoms with E-state index in [0.717, 1.165) is 0 Å². The fourth-order valence-electron chi connectivity index (χ4n) is 0. The molecule has 0 unspecified atom stereocenters. The molecule has 0 aromatic heterocycles. The summed E-state index contributed by atoms with van der Waals surface area (Å²) >= 11 is 2.31. The van der Waals surface area contributed by atoms with E-state index in [2.05, 4.69) is 15.7 Å². The van der Waals surface area contributed by atoms with Gasteiger partial charge in [-0.05, 0) is 0 Å². The maximum absolute atomic E-state index is 8.00. The van der Waals surface area contributed by atoms with Crippen LogP contribution in [0, 0.1) is 0 Å². The predicted octanol–water partition coefficient (Wildman–Crippen LogP) is -0.306. The second-order valence-corrected chi connectivity index (χ2v) is 0. The van der Waals surface area contributed by atoms with Gasteiger partial charge in [0, 0.05) is 0 Å². The van der Waals surface area contributed by atoms with Gasteiger partial charge < -0.3 is 4.79 Å². The van der Waals surface area contributed by atoms with Crippen molar-refractivity contribution in [2.45, 2.75) is 0 Å². The molecule has 2 nitrogen and oxygen atoms in total. The van der Waals surface area contributed by atoms with Crippen molar-refractivity contribution >= 4 is 6.79 Å². The van der Waals surface area contributed by atoms with Crippen molar-refractivity contribution in [2.24, 2.45) is 0 Å². The molecular formula is CH2CoO2. The van der Waals surface area contributed by atoms with E-state index in [1.807, 2.05) is 6.79 Å². The van der Waals surface area contributed by atoms with Crippen molar-refractivity contribution in [1.82, 2.24) is 0 Å². The number of carbonyl (C=O) groups is 1. The normalized spacial score (nSPS) is 2.25. The molecule has 0 spiro atoms. The zero-order valence-corrected chi connectivity index (χ0v) is 2.90. The molecule has 0 atom stereocenters. The molecule has 0 bridgehead atoms. The molecule has 0 rings (SSSR count). The van der Waals surface area contributed by atoms with Gasteiger partial charge in [0.1, 0.15) is 6.79 Å². The van der Waals surface area contributed by atoms with Gasteiger partial charge >= 0.3 is 19.5 Å². The Balaban J connectivity index is 0. The first-order chi connectivity index (χ1) is 2.00. The molecule has 0 aromatic carbocycles. The van der Waals surface area contributed by atoms with E-state index in [9.17, 15) is 0 Å². The van der Waals surface area contributed by atoms with Gasteiger partial charge in [0.2, 0.25) is 0 Å². The molecule has 3 heteroatoms. The fraction of sp³-hybridized carbons (Fsp3) is 0. The fourth-order valence-corrected chi connectivity index (χ4v) is 0. The summed E-state index contributed by atoms with van der Waals surface area (Å²) in [5.74, 6) is 0. The van der Waals surface area contributed by atoms with Gasteiger partial charge in [0.15, 0.2) is 0 Å². The Morgan fingerprint density at radius 1 is 1.25 bits per heavy atom. The summed E-state index contributed by atoms with van der Waals surface area (Å²) < 4.78 is 7.94. The van der Waals surface area contributed by atoms with E-state index in [1.54, 1.807) is 0 Å². The van der Waals surface area contributed by atoms with Gasteiger partial charge in [-0.3, -0.25) is 0 Å². The van der Waals surface area contributed by atoms with Gasteiger partial charge in [-0.1, -0.05) is 0 Å².